The molecule has 0 amide bonds. The minimum Gasteiger partial charge on any atom is -0.463 e. The van der Waals surface area contributed by atoms with Gasteiger partial charge in [0.2, 0.25) is 11.9 Å². The van der Waals surface area contributed by atoms with Gasteiger partial charge >= 0.3 is 6.01 Å². The number of hydrogen-bond acceptors (Lipinski definition) is 6. The Morgan fingerprint density at radius 1 is 1.14 bits per heavy atom. The van der Waals surface area contributed by atoms with Crippen LogP contribution in [0.4, 0.5) is 11.9 Å². The van der Waals surface area contributed by atoms with Crippen LogP contribution in [0.25, 0.3) is 0 Å². The Morgan fingerprint density at radius 2 is 1.90 bits per heavy atom. The number of aromatic nitrogens is 3. The van der Waals surface area contributed by atoms with Crippen molar-refractivity contribution in [2.45, 2.75) is 58.9 Å². The molecular weight excluding hydrogens is 266 g/mol. The van der Waals surface area contributed by atoms with Gasteiger partial charge in [0.25, 0.3) is 0 Å². The molecule has 1 heterocycles. The largest absolute Gasteiger partial charge is 0.463 e. The molecule has 1 atom stereocenters. The first kappa shape index (κ1) is 15.8. The average molecular weight is 293 g/mol. The van der Waals surface area contributed by atoms with Crippen LogP contribution in [-0.4, -0.2) is 34.1 Å². The molecule has 1 saturated carbocycles. The van der Waals surface area contributed by atoms with E-state index in [1.165, 1.54) is 19.3 Å². The first-order valence-corrected chi connectivity index (χ1v) is 8.14. The van der Waals surface area contributed by atoms with Crippen LogP contribution in [0.1, 0.15) is 52.9 Å². The highest BCUT2D eigenvalue weighted by molar-refractivity contribution is 5.36. The van der Waals surface area contributed by atoms with E-state index in [0.29, 0.717) is 30.6 Å². The van der Waals surface area contributed by atoms with Crippen molar-refractivity contribution >= 4 is 11.9 Å². The summed E-state index contributed by atoms with van der Waals surface area (Å²) >= 11 is 0. The predicted octanol–water partition coefficient (Wildman–Crippen LogP) is 3.08. The third-order valence-electron chi connectivity index (χ3n) is 3.53. The number of anilines is 2. The summed E-state index contributed by atoms with van der Waals surface area (Å²) in [5, 5.41) is 6.56. The van der Waals surface area contributed by atoms with Gasteiger partial charge in [0.05, 0.1) is 6.61 Å². The van der Waals surface area contributed by atoms with Gasteiger partial charge < -0.3 is 15.4 Å². The second kappa shape index (κ2) is 8.00. The summed E-state index contributed by atoms with van der Waals surface area (Å²) in [5.41, 5.74) is 0. The third-order valence-corrected chi connectivity index (χ3v) is 3.53. The van der Waals surface area contributed by atoms with Gasteiger partial charge in [-0.2, -0.15) is 15.0 Å². The van der Waals surface area contributed by atoms with Crippen LogP contribution in [0.2, 0.25) is 0 Å². The first-order valence-electron chi connectivity index (χ1n) is 8.14. The molecule has 2 rings (SSSR count). The number of rotatable bonds is 10. The highest BCUT2D eigenvalue weighted by Crippen LogP contribution is 2.34. The SMILES string of the molecule is CCCOc1nc(NCC)nc(NC(CC)CC2CC2)n1. The molecule has 1 aromatic heterocycles. The van der Waals surface area contributed by atoms with Crippen molar-refractivity contribution < 1.29 is 4.74 Å². The summed E-state index contributed by atoms with van der Waals surface area (Å²) in [6.07, 6.45) is 5.93. The van der Waals surface area contributed by atoms with Gasteiger partial charge in [-0.15, -0.1) is 0 Å². The molecule has 1 aromatic rings. The van der Waals surface area contributed by atoms with E-state index in [-0.39, 0.29) is 0 Å². The van der Waals surface area contributed by atoms with Crippen LogP contribution in [0.15, 0.2) is 0 Å². The zero-order valence-corrected chi connectivity index (χ0v) is 13.4. The fourth-order valence-corrected chi connectivity index (χ4v) is 2.18. The molecule has 1 fully saturated rings. The lowest BCUT2D eigenvalue weighted by atomic mass is 10.1. The molecule has 0 saturated heterocycles. The number of nitrogens with one attached hydrogen (secondary N) is 2. The molecule has 0 radical (unpaired) electrons. The second-order valence-electron chi connectivity index (χ2n) is 5.57. The van der Waals surface area contributed by atoms with Crippen LogP contribution in [0, 0.1) is 5.92 Å². The fourth-order valence-electron chi connectivity index (χ4n) is 2.18. The molecule has 0 bridgehead atoms. The minimum absolute atomic E-state index is 0.395. The summed E-state index contributed by atoms with van der Waals surface area (Å²) in [6.45, 7) is 7.67. The van der Waals surface area contributed by atoms with Crippen LogP contribution in [0.3, 0.4) is 0 Å². The fraction of sp³-hybridized carbons (Fsp3) is 0.800. The van der Waals surface area contributed by atoms with Gasteiger partial charge in [-0.1, -0.05) is 26.7 Å². The van der Waals surface area contributed by atoms with Crippen molar-refractivity contribution in [1.29, 1.82) is 0 Å². The van der Waals surface area contributed by atoms with Crippen molar-refractivity contribution in [2.24, 2.45) is 5.92 Å². The van der Waals surface area contributed by atoms with E-state index in [9.17, 15) is 0 Å². The van der Waals surface area contributed by atoms with Crippen molar-refractivity contribution in [2.75, 3.05) is 23.8 Å². The van der Waals surface area contributed by atoms with E-state index in [1.54, 1.807) is 0 Å². The Kier molecular flexibility index (Phi) is 6.02. The lowest BCUT2D eigenvalue weighted by Gasteiger charge is -2.17. The number of hydrogen-bond donors (Lipinski definition) is 2. The van der Waals surface area contributed by atoms with Crippen molar-refractivity contribution in [3.8, 4) is 6.01 Å². The molecule has 1 aliphatic rings. The van der Waals surface area contributed by atoms with Crippen molar-refractivity contribution in [3.63, 3.8) is 0 Å². The minimum atomic E-state index is 0.395. The molecule has 2 N–H and O–H groups in total. The Hall–Kier alpha value is -1.59. The number of ether oxygens (including phenoxy) is 1. The van der Waals surface area contributed by atoms with E-state index in [4.69, 9.17) is 4.74 Å². The lowest BCUT2D eigenvalue weighted by molar-refractivity contribution is 0.292. The topological polar surface area (TPSA) is 72.0 Å². The van der Waals surface area contributed by atoms with Gasteiger partial charge in [0.15, 0.2) is 0 Å². The van der Waals surface area contributed by atoms with Crippen LogP contribution in [0.5, 0.6) is 6.01 Å². The Labute approximate surface area is 127 Å². The maximum absolute atomic E-state index is 5.55. The van der Waals surface area contributed by atoms with Crippen LogP contribution < -0.4 is 15.4 Å². The summed E-state index contributed by atoms with van der Waals surface area (Å²) in [4.78, 5) is 13.1. The summed E-state index contributed by atoms with van der Waals surface area (Å²) in [7, 11) is 0. The van der Waals surface area contributed by atoms with Gasteiger partial charge in [-0.05, 0) is 32.1 Å². The zero-order valence-electron chi connectivity index (χ0n) is 13.4. The third kappa shape index (κ3) is 5.36. The Morgan fingerprint density at radius 3 is 2.52 bits per heavy atom. The van der Waals surface area contributed by atoms with Gasteiger partial charge in [-0.3, -0.25) is 0 Å². The summed E-state index contributed by atoms with van der Waals surface area (Å²) in [6, 6.07) is 0.819. The smallest absolute Gasteiger partial charge is 0.323 e. The van der Waals surface area contributed by atoms with E-state index in [0.717, 1.165) is 25.3 Å². The predicted molar refractivity (Wildman–Crippen MR) is 84.8 cm³/mol. The zero-order chi connectivity index (χ0) is 15.1. The lowest BCUT2D eigenvalue weighted by Crippen LogP contribution is -2.21. The second-order valence-corrected chi connectivity index (χ2v) is 5.57. The maximum atomic E-state index is 5.55. The summed E-state index contributed by atoms with van der Waals surface area (Å²) in [5.74, 6) is 2.07. The van der Waals surface area contributed by atoms with Gasteiger partial charge in [-0.25, -0.2) is 0 Å². The normalized spacial score (nSPS) is 15.6. The first-order chi connectivity index (χ1) is 10.2. The Bertz CT molecular complexity index is 436. The molecule has 0 aromatic carbocycles. The van der Waals surface area contributed by atoms with Crippen molar-refractivity contribution in [1.82, 2.24) is 15.0 Å². The Balaban J connectivity index is 2.05. The molecule has 1 aliphatic carbocycles. The van der Waals surface area contributed by atoms with E-state index >= 15 is 0 Å². The quantitative estimate of drug-likeness (QED) is 0.690. The number of nitrogens with zero attached hydrogens (tertiary/aromatic N) is 3. The summed E-state index contributed by atoms with van der Waals surface area (Å²) < 4.78 is 5.55. The van der Waals surface area contributed by atoms with Gasteiger partial charge in [0, 0.05) is 12.6 Å². The molecular formula is C15H27N5O. The van der Waals surface area contributed by atoms with Crippen LogP contribution in [-0.2, 0) is 0 Å². The van der Waals surface area contributed by atoms with E-state index in [1.807, 2.05) is 6.92 Å². The average Bonchev–Trinajstić information content (AvgIpc) is 3.28. The molecule has 0 aliphatic heterocycles. The maximum Gasteiger partial charge on any atom is 0.323 e. The molecule has 0 spiro atoms. The van der Waals surface area contributed by atoms with Crippen molar-refractivity contribution in [3.05, 3.63) is 0 Å². The van der Waals surface area contributed by atoms with Gasteiger partial charge in [0.1, 0.15) is 0 Å². The molecule has 1 unspecified atom stereocenters. The monoisotopic (exact) mass is 293 g/mol. The molecule has 118 valence electrons. The highest BCUT2D eigenvalue weighted by Gasteiger charge is 2.25. The standard InChI is InChI=1S/C15H27N5O/c1-4-9-21-15-19-13(16-6-3)18-14(20-15)17-12(5-2)10-11-7-8-11/h11-12H,4-10H2,1-3H3,(H2,16,17,18,19,20). The molecule has 6 nitrogen and oxygen atoms in total. The van der Waals surface area contributed by atoms with E-state index in [2.05, 4.69) is 39.4 Å². The van der Waals surface area contributed by atoms with E-state index < -0.39 is 0 Å². The molecule has 6 heteroatoms. The highest BCUT2D eigenvalue weighted by atomic mass is 16.5. The van der Waals surface area contributed by atoms with Crippen LogP contribution >= 0.6 is 0 Å². The molecule has 21 heavy (non-hydrogen) atoms.